The van der Waals surface area contributed by atoms with Gasteiger partial charge in [0.2, 0.25) is 0 Å². The third-order valence-corrected chi connectivity index (χ3v) is 4.00. The van der Waals surface area contributed by atoms with Crippen LogP contribution in [0.3, 0.4) is 0 Å². The summed E-state index contributed by atoms with van der Waals surface area (Å²) in [5, 5.41) is 3.61. The molecule has 0 aliphatic heterocycles. The fourth-order valence-electron chi connectivity index (χ4n) is 2.80. The molecular weight excluding hydrogens is 258 g/mol. The first-order valence-corrected chi connectivity index (χ1v) is 7.64. The molecule has 1 saturated carbocycles. The summed E-state index contributed by atoms with van der Waals surface area (Å²) >= 11 is 0. The number of rotatable bonds is 5. The average molecular weight is 281 g/mol. The number of aryl methyl sites for hydroxylation is 2. The lowest BCUT2D eigenvalue weighted by Gasteiger charge is -2.14. The molecule has 2 aromatic carbocycles. The predicted octanol–water partition coefficient (Wildman–Crippen LogP) is 4.23. The molecule has 0 atom stereocenters. The summed E-state index contributed by atoms with van der Waals surface area (Å²) in [6.07, 6.45) is 2.62. The van der Waals surface area contributed by atoms with Crippen molar-refractivity contribution in [2.45, 2.75) is 39.3 Å². The third-order valence-electron chi connectivity index (χ3n) is 4.00. The Kier molecular flexibility index (Phi) is 3.98. The molecule has 1 aliphatic carbocycles. The quantitative estimate of drug-likeness (QED) is 0.885. The Hall–Kier alpha value is -1.80. The lowest BCUT2D eigenvalue weighted by atomic mass is 9.96. The number of methoxy groups -OCH3 is 1. The highest BCUT2D eigenvalue weighted by atomic mass is 16.5. The zero-order valence-corrected chi connectivity index (χ0v) is 13.1. The van der Waals surface area contributed by atoms with Crippen LogP contribution in [0.5, 0.6) is 5.75 Å². The fraction of sp³-hybridized carbons (Fsp3) is 0.368. The zero-order chi connectivity index (χ0) is 14.8. The Morgan fingerprint density at radius 2 is 1.76 bits per heavy atom. The van der Waals surface area contributed by atoms with Crippen LogP contribution < -0.4 is 10.1 Å². The van der Waals surface area contributed by atoms with E-state index in [9.17, 15) is 0 Å². The van der Waals surface area contributed by atoms with Crippen molar-refractivity contribution in [2.75, 3.05) is 7.11 Å². The average Bonchev–Trinajstić information content (AvgIpc) is 3.28. The van der Waals surface area contributed by atoms with Crippen LogP contribution in [0.25, 0.3) is 11.1 Å². The number of hydrogen-bond acceptors (Lipinski definition) is 2. The van der Waals surface area contributed by atoms with Gasteiger partial charge in [-0.25, -0.2) is 0 Å². The summed E-state index contributed by atoms with van der Waals surface area (Å²) in [6.45, 7) is 5.22. The SMILES string of the molecule is COc1ccc(-c2cc(C)cc(C)c2)c(CNC2CC2)c1. The third kappa shape index (κ3) is 3.45. The van der Waals surface area contributed by atoms with E-state index < -0.39 is 0 Å². The topological polar surface area (TPSA) is 21.3 Å². The van der Waals surface area contributed by atoms with Gasteiger partial charge in [0.15, 0.2) is 0 Å². The van der Waals surface area contributed by atoms with Crippen molar-refractivity contribution in [3.05, 3.63) is 53.1 Å². The lowest BCUT2D eigenvalue weighted by molar-refractivity contribution is 0.414. The highest BCUT2D eigenvalue weighted by Crippen LogP contribution is 2.30. The van der Waals surface area contributed by atoms with Gasteiger partial charge in [0.1, 0.15) is 5.75 Å². The number of nitrogens with one attached hydrogen (secondary N) is 1. The molecule has 21 heavy (non-hydrogen) atoms. The second-order valence-electron chi connectivity index (χ2n) is 6.05. The van der Waals surface area contributed by atoms with Gasteiger partial charge < -0.3 is 10.1 Å². The molecule has 1 N–H and O–H groups in total. The van der Waals surface area contributed by atoms with Gasteiger partial charge in [0.05, 0.1) is 7.11 Å². The molecule has 0 bridgehead atoms. The van der Waals surface area contributed by atoms with Crippen LogP contribution in [0.4, 0.5) is 0 Å². The normalized spacial score (nSPS) is 14.2. The molecule has 0 saturated heterocycles. The van der Waals surface area contributed by atoms with Crippen LogP contribution in [-0.2, 0) is 6.54 Å². The second kappa shape index (κ2) is 5.90. The summed E-state index contributed by atoms with van der Waals surface area (Å²) in [4.78, 5) is 0. The van der Waals surface area contributed by atoms with E-state index >= 15 is 0 Å². The lowest BCUT2D eigenvalue weighted by Crippen LogP contribution is -2.16. The predicted molar refractivity (Wildman–Crippen MR) is 87.8 cm³/mol. The summed E-state index contributed by atoms with van der Waals surface area (Å²) in [5.41, 5.74) is 6.52. The minimum absolute atomic E-state index is 0.711. The molecule has 2 aromatic rings. The molecule has 0 aromatic heterocycles. The highest BCUT2D eigenvalue weighted by molar-refractivity contribution is 5.69. The minimum Gasteiger partial charge on any atom is -0.497 e. The van der Waals surface area contributed by atoms with E-state index in [2.05, 4.69) is 49.5 Å². The molecule has 1 fully saturated rings. The second-order valence-corrected chi connectivity index (χ2v) is 6.05. The van der Waals surface area contributed by atoms with E-state index in [1.54, 1.807) is 7.11 Å². The van der Waals surface area contributed by atoms with Crippen molar-refractivity contribution in [3.8, 4) is 16.9 Å². The van der Waals surface area contributed by atoms with Gasteiger partial charge in [0, 0.05) is 12.6 Å². The van der Waals surface area contributed by atoms with Crippen LogP contribution in [0.1, 0.15) is 29.5 Å². The molecule has 0 spiro atoms. The van der Waals surface area contributed by atoms with Gasteiger partial charge in [-0.05, 0) is 55.5 Å². The molecule has 2 nitrogen and oxygen atoms in total. The van der Waals surface area contributed by atoms with Crippen LogP contribution in [-0.4, -0.2) is 13.2 Å². The van der Waals surface area contributed by atoms with Gasteiger partial charge in [-0.15, -0.1) is 0 Å². The Balaban J connectivity index is 1.98. The maximum atomic E-state index is 5.39. The first-order valence-electron chi connectivity index (χ1n) is 7.64. The smallest absolute Gasteiger partial charge is 0.119 e. The molecule has 1 aliphatic rings. The van der Waals surface area contributed by atoms with E-state index in [1.807, 2.05) is 6.07 Å². The standard InChI is InChI=1S/C19H23NO/c1-13-8-14(2)10-15(9-13)19-7-6-18(21-3)11-16(19)12-20-17-4-5-17/h6-11,17,20H,4-5,12H2,1-3H3. The van der Waals surface area contributed by atoms with Crippen LogP contribution >= 0.6 is 0 Å². The van der Waals surface area contributed by atoms with E-state index in [1.165, 1.54) is 40.7 Å². The van der Waals surface area contributed by atoms with Gasteiger partial charge in [-0.2, -0.15) is 0 Å². The zero-order valence-electron chi connectivity index (χ0n) is 13.1. The van der Waals surface area contributed by atoms with E-state index in [-0.39, 0.29) is 0 Å². The first-order chi connectivity index (χ1) is 10.2. The monoisotopic (exact) mass is 281 g/mol. The first kappa shape index (κ1) is 14.2. The summed E-state index contributed by atoms with van der Waals surface area (Å²) < 4.78 is 5.39. The van der Waals surface area contributed by atoms with E-state index in [4.69, 9.17) is 4.74 Å². The maximum Gasteiger partial charge on any atom is 0.119 e. The summed E-state index contributed by atoms with van der Waals surface area (Å²) in [6, 6.07) is 13.8. The number of ether oxygens (including phenoxy) is 1. The molecular formula is C19H23NO. The summed E-state index contributed by atoms with van der Waals surface area (Å²) in [7, 11) is 1.73. The molecule has 0 amide bonds. The van der Waals surface area contributed by atoms with Gasteiger partial charge in [-0.3, -0.25) is 0 Å². The van der Waals surface area contributed by atoms with Gasteiger partial charge in [0.25, 0.3) is 0 Å². The Morgan fingerprint density at radius 3 is 2.38 bits per heavy atom. The van der Waals surface area contributed by atoms with Gasteiger partial charge in [-0.1, -0.05) is 35.4 Å². The molecule has 3 rings (SSSR count). The van der Waals surface area contributed by atoms with Crippen molar-refractivity contribution >= 4 is 0 Å². The molecule has 2 heteroatoms. The molecule has 0 radical (unpaired) electrons. The van der Waals surface area contributed by atoms with Gasteiger partial charge >= 0.3 is 0 Å². The van der Waals surface area contributed by atoms with Crippen LogP contribution in [0.2, 0.25) is 0 Å². The van der Waals surface area contributed by atoms with Crippen molar-refractivity contribution in [1.82, 2.24) is 5.32 Å². The Labute approximate surface area is 127 Å². The van der Waals surface area contributed by atoms with Crippen LogP contribution in [0.15, 0.2) is 36.4 Å². The largest absolute Gasteiger partial charge is 0.497 e. The number of benzene rings is 2. The minimum atomic E-state index is 0.711. The molecule has 110 valence electrons. The number of hydrogen-bond donors (Lipinski definition) is 1. The Bertz CT molecular complexity index is 624. The fourth-order valence-corrected chi connectivity index (χ4v) is 2.80. The van der Waals surface area contributed by atoms with Crippen molar-refractivity contribution < 1.29 is 4.74 Å². The van der Waals surface area contributed by atoms with E-state index in [0.717, 1.165) is 12.3 Å². The van der Waals surface area contributed by atoms with Crippen molar-refractivity contribution in [1.29, 1.82) is 0 Å². The molecule has 0 heterocycles. The van der Waals surface area contributed by atoms with Crippen molar-refractivity contribution in [3.63, 3.8) is 0 Å². The molecule has 0 unspecified atom stereocenters. The van der Waals surface area contributed by atoms with Crippen LogP contribution in [0, 0.1) is 13.8 Å². The maximum absolute atomic E-state index is 5.39. The van der Waals surface area contributed by atoms with Crippen molar-refractivity contribution in [2.24, 2.45) is 0 Å². The summed E-state index contributed by atoms with van der Waals surface area (Å²) in [5.74, 6) is 0.927. The Morgan fingerprint density at radius 1 is 1.05 bits per heavy atom. The van der Waals surface area contributed by atoms with E-state index in [0.29, 0.717) is 6.04 Å². The highest BCUT2D eigenvalue weighted by Gasteiger charge is 2.20.